The van der Waals surface area contributed by atoms with Gasteiger partial charge in [-0.1, -0.05) is 12.1 Å². The Morgan fingerprint density at radius 3 is 2.81 bits per heavy atom. The number of aromatic nitrogens is 1. The normalized spacial score (nSPS) is 30.8. The number of nitrogens with zero attached hydrogens (tertiary/aromatic N) is 4. The van der Waals surface area contributed by atoms with Gasteiger partial charge in [-0.25, -0.2) is 4.79 Å². The lowest BCUT2D eigenvalue weighted by Gasteiger charge is -2.52. The van der Waals surface area contributed by atoms with E-state index in [1.165, 1.54) is 18.5 Å². The topological polar surface area (TPSA) is 93.4 Å². The quantitative estimate of drug-likeness (QED) is 0.678. The fraction of sp³-hybridized carbons (Fsp3) is 0.536. The largest absolute Gasteiger partial charge is 0.336 e. The van der Waals surface area contributed by atoms with Gasteiger partial charge in [0.25, 0.3) is 5.56 Å². The van der Waals surface area contributed by atoms with Crippen LogP contribution in [-0.4, -0.2) is 65.7 Å². The number of carbonyl (C=O) groups is 1. The Kier molecular flexibility index (Phi) is 6.28. The third-order valence-corrected chi connectivity index (χ3v) is 8.81. The predicted molar refractivity (Wildman–Crippen MR) is 138 cm³/mol. The number of nitriles is 1. The molecular formula is C28H34N6O2. The zero-order valence-electron chi connectivity index (χ0n) is 20.6. The molecule has 0 saturated carbocycles. The van der Waals surface area contributed by atoms with Crippen molar-refractivity contribution in [2.24, 2.45) is 17.8 Å². The summed E-state index contributed by atoms with van der Waals surface area (Å²) in [4.78, 5) is 30.0. The molecule has 8 nitrogen and oxygen atoms in total. The van der Waals surface area contributed by atoms with Crippen LogP contribution in [0.4, 0.5) is 10.5 Å². The first-order valence-corrected chi connectivity index (χ1v) is 13.3. The second-order valence-corrected chi connectivity index (χ2v) is 11.1. The molecule has 5 aliphatic heterocycles. The first-order valence-electron chi connectivity index (χ1n) is 13.3. The first-order chi connectivity index (χ1) is 17.6. The van der Waals surface area contributed by atoms with Crippen molar-refractivity contribution in [3.63, 3.8) is 0 Å². The van der Waals surface area contributed by atoms with Gasteiger partial charge in [-0.05, 0) is 67.8 Å². The second kappa shape index (κ2) is 9.72. The number of fused-ring (bicyclic) bond motifs is 7. The van der Waals surface area contributed by atoms with Crippen LogP contribution in [0.25, 0.3) is 0 Å². The van der Waals surface area contributed by atoms with E-state index < -0.39 is 0 Å². The molecule has 2 aromatic rings. The van der Waals surface area contributed by atoms with E-state index in [2.05, 4.69) is 32.6 Å². The highest BCUT2D eigenvalue weighted by Crippen LogP contribution is 2.39. The molecule has 4 saturated heterocycles. The molecule has 7 rings (SSSR count). The third-order valence-electron chi connectivity index (χ3n) is 8.81. The second-order valence-electron chi connectivity index (χ2n) is 11.1. The van der Waals surface area contributed by atoms with Gasteiger partial charge in [-0.15, -0.1) is 0 Å². The zero-order valence-corrected chi connectivity index (χ0v) is 20.6. The summed E-state index contributed by atoms with van der Waals surface area (Å²) in [6.45, 7) is 7.01. The van der Waals surface area contributed by atoms with E-state index in [-0.39, 0.29) is 11.6 Å². The maximum atomic E-state index is 12.4. The van der Waals surface area contributed by atoms with Gasteiger partial charge in [-0.3, -0.25) is 9.69 Å². The third kappa shape index (κ3) is 4.65. The molecule has 188 valence electrons. The van der Waals surface area contributed by atoms with Crippen molar-refractivity contribution >= 4 is 11.7 Å². The number of pyridine rings is 1. The number of rotatable bonds is 5. The van der Waals surface area contributed by atoms with E-state index in [9.17, 15) is 9.59 Å². The van der Waals surface area contributed by atoms with Crippen molar-refractivity contribution in [1.29, 1.82) is 5.26 Å². The molecule has 36 heavy (non-hydrogen) atoms. The molecule has 8 heteroatoms. The van der Waals surface area contributed by atoms with Crippen molar-refractivity contribution in [1.82, 2.24) is 19.7 Å². The lowest BCUT2D eigenvalue weighted by atomic mass is 9.74. The Hall–Kier alpha value is -3.15. The molecule has 2 amide bonds. The van der Waals surface area contributed by atoms with E-state index in [0.29, 0.717) is 47.5 Å². The standard InChI is InChI=1S/C28H34N6O2/c29-12-19-3-1-4-24(10-19)31-28(36)30-13-25-11-21-7-8-33(25)18-23(21)17-32-14-20-9-22(16-32)26-5-2-6-27(35)34(26)15-20/h1-6,10,20-23,25H,7-9,11,13-18H2,(H2,30,31,36). The number of anilines is 1. The molecule has 1 aromatic carbocycles. The summed E-state index contributed by atoms with van der Waals surface area (Å²) in [7, 11) is 0. The number of nitrogens with one attached hydrogen (secondary N) is 2. The van der Waals surface area contributed by atoms with E-state index in [4.69, 9.17) is 5.26 Å². The molecular weight excluding hydrogens is 452 g/mol. The molecule has 1 aromatic heterocycles. The van der Waals surface area contributed by atoms with E-state index in [0.717, 1.165) is 45.7 Å². The summed E-state index contributed by atoms with van der Waals surface area (Å²) in [6.07, 6.45) is 3.58. The summed E-state index contributed by atoms with van der Waals surface area (Å²) < 4.78 is 2.01. The Morgan fingerprint density at radius 2 is 1.97 bits per heavy atom. The Morgan fingerprint density at radius 1 is 1.08 bits per heavy atom. The zero-order chi connectivity index (χ0) is 24.6. The molecule has 6 heterocycles. The molecule has 6 unspecified atom stereocenters. The summed E-state index contributed by atoms with van der Waals surface area (Å²) in [5.41, 5.74) is 2.54. The lowest BCUT2D eigenvalue weighted by Crippen LogP contribution is -2.59. The Labute approximate surface area is 211 Å². The number of amides is 2. The van der Waals surface area contributed by atoms with Gasteiger partial charge in [0.1, 0.15) is 0 Å². The van der Waals surface area contributed by atoms with Crippen molar-refractivity contribution < 1.29 is 4.79 Å². The minimum absolute atomic E-state index is 0.150. The Bertz CT molecular complexity index is 1240. The van der Waals surface area contributed by atoms with Crippen LogP contribution in [0.1, 0.15) is 36.4 Å². The average Bonchev–Trinajstić information content (AvgIpc) is 2.89. The summed E-state index contributed by atoms with van der Waals surface area (Å²) in [6, 6.07) is 15.0. The van der Waals surface area contributed by atoms with Crippen molar-refractivity contribution in [2.45, 2.75) is 37.8 Å². The number of hydrogen-bond donors (Lipinski definition) is 2. The summed E-state index contributed by atoms with van der Waals surface area (Å²) >= 11 is 0. The maximum Gasteiger partial charge on any atom is 0.319 e. The molecule has 5 aliphatic rings. The SMILES string of the molecule is N#Cc1cccc(NC(=O)NCC2CC3CCN2CC3CN2CC3CC(C2)c2cccc(=O)n2C3)c1. The average molecular weight is 487 g/mol. The van der Waals surface area contributed by atoms with Gasteiger partial charge in [0.15, 0.2) is 0 Å². The summed E-state index contributed by atoms with van der Waals surface area (Å²) in [5.74, 6) is 2.42. The van der Waals surface area contributed by atoms with Crippen LogP contribution in [0.5, 0.6) is 0 Å². The van der Waals surface area contributed by atoms with E-state index >= 15 is 0 Å². The van der Waals surface area contributed by atoms with Crippen LogP contribution in [-0.2, 0) is 6.54 Å². The molecule has 4 bridgehead atoms. The first kappa shape index (κ1) is 23.3. The van der Waals surface area contributed by atoms with Crippen molar-refractivity contribution in [3.05, 3.63) is 64.1 Å². The number of benzene rings is 1. The van der Waals surface area contributed by atoms with Crippen molar-refractivity contribution in [2.75, 3.05) is 44.6 Å². The molecule has 0 spiro atoms. The lowest BCUT2D eigenvalue weighted by molar-refractivity contribution is -0.0192. The van der Waals surface area contributed by atoms with Crippen LogP contribution in [0.2, 0.25) is 0 Å². The van der Waals surface area contributed by atoms with E-state index in [1.807, 2.05) is 10.6 Å². The maximum absolute atomic E-state index is 12.4. The van der Waals surface area contributed by atoms with Crippen LogP contribution in [0, 0.1) is 29.1 Å². The monoisotopic (exact) mass is 486 g/mol. The number of carbonyl (C=O) groups excluding carboxylic acids is 1. The molecule has 0 radical (unpaired) electrons. The van der Waals surface area contributed by atoms with Gasteiger partial charge >= 0.3 is 6.03 Å². The minimum atomic E-state index is -0.219. The molecule has 6 atom stereocenters. The summed E-state index contributed by atoms with van der Waals surface area (Å²) in [5, 5.41) is 14.9. The molecule has 4 fully saturated rings. The van der Waals surface area contributed by atoms with Gasteiger partial charge in [0.2, 0.25) is 0 Å². The fourth-order valence-corrected chi connectivity index (χ4v) is 7.20. The number of piperidine rings is 4. The number of urea groups is 1. The van der Waals surface area contributed by atoms with Gasteiger partial charge < -0.3 is 20.1 Å². The number of hydrogen-bond acceptors (Lipinski definition) is 5. The van der Waals surface area contributed by atoms with Gasteiger partial charge in [0.05, 0.1) is 11.6 Å². The Balaban J connectivity index is 1.01. The number of likely N-dealkylation sites (tertiary alicyclic amines) is 1. The predicted octanol–water partition coefficient (Wildman–Crippen LogP) is 2.67. The highest BCUT2D eigenvalue weighted by molar-refractivity contribution is 5.89. The smallest absolute Gasteiger partial charge is 0.319 e. The van der Waals surface area contributed by atoms with Crippen LogP contribution < -0.4 is 16.2 Å². The highest BCUT2D eigenvalue weighted by Gasteiger charge is 2.42. The molecule has 0 aliphatic carbocycles. The molecule has 2 N–H and O–H groups in total. The van der Waals surface area contributed by atoms with Crippen LogP contribution >= 0.6 is 0 Å². The fourth-order valence-electron chi connectivity index (χ4n) is 7.20. The highest BCUT2D eigenvalue weighted by atomic mass is 16.2. The van der Waals surface area contributed by atoms with Crippen molar-refractivity contribution in [3.8, 4) is 6.07 Å². The minimum Gasteiger partial charge on any atom is -0.336 e. The van der Waals surface area contributed by atoms with Gasteiger partial charge in [-0.2, -0.15) is 5.26 Å². The van der Waals surface area contributed by atoms with E-state index in [1.54, 1.807) is 30.3 Å². The van der Waals surface area contributed by atoms with Gasteiger partial charge in [0, 0.05) is 68.7 Å². The van der Waals surface area contributed by atoms with Crippen LogP contribution in [0.3, 0.4) is 0 Å². The van der Waals surface area contributed by atoms with Crippen LogP contribution in [0.15, 0.2) is 47.3 Å².